The van der Waals surface area contributed by atoms with Crippen LogP contribution in [0.2, 0.25) is 0 Å². The Morgan fingerprint density at radius 1 is 0.857 bits per heavy atom. The van der Waals surface area contributed by atoms with E-state index >= 15 is 0 Å². The maximum Gasteiger partial charge on any atom is 0.201 e. The Hall–Kier alpha value is -2.99. The highest BCUT2D eigenvalue weighted by atomic mass is 19.2. The van der Waals surface area contributed by atoms with Crippen LogP contribution in [0.5, 0.6) is 11.5 Å². The molecule has 1 aliphatic carbocycles. The van der Waals surface area contributed by atoms with Gasteiger partial charge < -0.3 is 14.6 Å². The van der Waals surface area contributed by atoms with E-state index in [0.29, 0.717) is 24.3 Å². The van der Waals surface area contributed by atoms with Crippen molar-refractivity contribution in [2.45, 2.75) is 51.6 Å². The predicted octanol–water partition coefficient (Wildman–Crippen LogP) is 7.58. The van der Waals surface area contributed by atoms with E-state index in [1.54, 1.807) is 43.3 Å². The lowest BCUT2D eigenvalue weighted by atomic mass is 9.79. The van der Waals surface area contributed by atoms with Gasteiger partial charge >= 0.3 is 0 Å². The van der Waals surface area contributed by atoms with E-state index in [0.717, 1.165) is 31.2 Å². The average molecular weight is 485 g/mol. The summed E-state index contributed by atoms with van der Waals surface area (Å²) in [6.45, 7) is 4.20. The topological polar surface area (TPSA) is 38.7 Å². The van der Waals surface area contributed by atoms with Crippen molar-refractivity contribution < 1.29 is 27.8 Å². The molecular weight excluding hydrogens is 453 g/mol. The van der Waals surface area contributed by atoms with E-state index in [2.05, 4.69) is 0 Å². The number of ether oxygens (including phenoxy) is 2. The molecule has 1 aliphatic rings. The fourth-order valence-corrected chi connectivity index (χ4v) is 4.72. The number of hydrogen-bond acceptors (Lipinski definition) is 3. The maximum atomic E-state index is 14.8. The highest BCUT2D eigenvalue weighted by Crippen LogP contribution is 2.38. The van der Waals surface area contributed by atoms with Gasteiger partial charge in [-0.2, -0.15) is 4.39 Å². The molecule has 1 N–H and O–H groups in total. The Labute approximate surface area is 204 Å². The first-order chi connectivity index (χ1) is 16.9. The Morgan fingerprint density at radius 3 is 2.17 bits per heavy atom. The molecule has 3 aromatic rings. The minimum atomic E-state index is -0.999. The zero-order chi connectivity index (χ0) is 24.9. The van der Waals surface area contributed by atoms with Gasteiger partial charge in [-0.1, -0.05) is 30.3 Å². The van der Waals surface area contributed by atoms with Crippen LogP contribution in [-0.4, -0.2) is 18.3 Å². The van der Waals surface area contributed by atoms with Crippen molar-refractivity contribution in [3.8, 4) is 22.6 Å². The molecule has 4 rings (SSSR count). The van der Waals surface area contributed by atoms with Crippen LogP contribution >= 0.6 is 0 Å². The standard InChI is InChI=1S/C29H31F3O3/c1-3-34-26-14-12-23(16-25(26)30)21-6-4-19(5-7-21)17-35-27-15-13-24(28(31)29(27)32)22-10-8-20(9-11-22)18(2)33/h8-16,18-19,21,33H,3-7,17H2,1-2H3. The van der Waals surface area contributed by atoms with Crippen LogP contribution in [0.1, 0.15) is 62.7 Å². The molecule has 0 bridgehead atoms. The first kappa shape index (κ1) is 25.1. The summed E-state index contributed by atoms with van der Waals surface area (Å²) in [6, 6.07) is 14.9. The molecule has 3 nitrogen and oxygen atoms in total. The van der Waals surface area contributed by atoms with Crippen LogP contribution in [0.4, 0.5) is 13.2 Å². The van der Waals surface area contributed by atoms with Gasteiger partial charge in [0.1, 0.15) is 0 Å². The molecule has 1 fully saturated rings. The lowest BCUT2D eigenvalue weighted by Crippen LogP contribution is -2.19. The van der Waals surface area contributed by atoms with Gasteiger partial charge in [-0.25, -0.2) is 8.78 Å². The summed E-state index contributed by atoms with van der Waals surface area (Å²) in [6.07, 6.45) is 2.90. The monoisotopic (exact) mass is 484 g/mol. The van der Waals surface area contributed by atoms with E-state index in [4.69, 9.17) is 9.47 Å². The number of aliphatic hydroxyl groups is 1. The van der Waals surface area contributed by atoms with Gasteiger partial charge in [-0.15, -0.1) is 0 Å². The van der Waals surface area contributed by atoms with Crippen molar-refractivity contribution in [2.75, 3.05) is 13.2 Å². The largest absolute Gasteiger partial charge is 0.491 e. The number of rotatable bonds is 8. The van der Waals surface area contributed by atoms with Gasteiger partial charge in [0, 0.05) is 5.56 Å². The molecule has 0 spiro atoms. The molecule has 0 radical (unpaired) electrons. The lowest BCUT2D eigenvalue weighted by molar-refractivity contribution is 0.192. The number of benzene rings is 3. The molecule has 6 heteroatoms. The summed E-state index contributed by atoms with van der Waals surface area (Å²) in [5.41, 5.74) is 2.35. The normalized spacial score (nSPS) is 18.8. The van der Waals surface area contributed by atoms with E-state index in [1.165, 1.54) is 12.1 Å². The van der Waals surface area contributed by atoms with Crippen molar-refractivity contribution in [3.63, 3.8) is 0 Å². The second-order valence-electron chi connectivity index (χ2n) is 9.19. The summed E-state index contributed by atoms with van der Waals surface area (Å²) < 4.78 is 54.7. The average Bonchev–Trinajstić information content (AvgIpc) is 2.87. The molecule has 1 saturated carbocycles. The minimum absolute atomic E-state index is 0.0949. The quantitative estimate of drug-likeness (QED) is 0.358. The third kappa shape index (κ3) is 5.81. The second-order valence-corrected chi connectivity index (χ2v) is 9.19. The molecule has 0 aliphatic heterocycles. The van der Waals surface area contributed by atoms with Gasteiger partial charge in [0.25, 0.3) is 0 Å². The summed E-state index contributed by atoms with van der Waals surface area (Å²) in [4.78, 5) is 0. The summed E-state index contributed by atoms with van der Waals surface area (Å²) in [5.74, 6) is -1.61. The number of aliphatic hydroxyl groups excluding tert-OH is 1. The molecular formula is C29H31F3O3. The Kier molecular flexibility index (Phi) is 8.01. The van der Waals surface area contributed by atoms with Gasteiger partial charge in [0.05, 0.1) is 19.3 Å². The van der Waals surface area contributed by atoms with Gasteiger partial charge in [-0.3, -0.25) is 0 Å². The zero-order valence-electron chi connectivity index (χ0n) is 20.1. The van der Waals surface area contributed by atoms with E-state index in [1.807, 2.05) is 13.0 Å². The third-order valence-electron chi connectivity index (χ3n) is 6.80. The zero-order valence-corrected chi connectivity index (χ0v) is 20.1. The number of halogens is 3. The van der Waals surface area contributed by atoms with Gasteiger partial charge in [0.2, 0.25) is 5.82 Å². The first-order valence-corrected chi connectivity index (χ1v) is 12.2. The fourth-order valence-electron chi connectivity index (χ4n) is 4.72. The van der Waals surface area contributed by atoms with Crippen LogP contribution in [0, 0.1) is 23.4 Å². The van der Waals surface area contributed by atoms with E-state index in [-0.39, 0.29) is 34.7 Å². The van der Waals surface area contributed by atoms with Crippen LogP contribution in [0.25, 0.3) is 11.1 Å². The highest BCUT2D eigenvalue weighted by Gasteiger charge is 2.25. The SMILES string of the molecule is CCOc1ccc(C2CCC(COc3ccc(-c4ccc(C(C)O)cc4)c(F)c3F)CC2)cc1F. The summed E-state index contributed by atoms with van der Waals surface area (Å²) in [5, 5.41) is 9.63. The molecule has 1 unspecified atom stereocenters. The molecule has 3 aromatic carbocycles. The summed E-state index contributed by atoms with van der Waals surface area (Å²) in [7, 11) is 0. The van der Waals surface area contributed by atoms with Crippen LogP contribution < -0.4 is 9.47 Å². The predicted molar refractivity (Wildman–Crippen MR) is 130 cm³/mol. The Balaban J connectivity index is 1.34. The van der Waals surface area contributed by atoms with E-state index in [9.17, 15) is 18.3 Å². The summed E-state index contributed by atoms with van der Waals surface area (Å²) >= 11 is 0. The van der Waals surface area contributed by atoms with Crippen molar-refractivity contribution in [1.29, 1.82) is 0 Å². The molecule has 0 aromatic heterocycles. The van der Waals surface area contributed by atoms with Crippen molar-refractivity contribution in [1.82, 2.24) is 0 Å². The number of hydrogen-bond donors (Lipinski definition) is 1. The molecule has 0 amide bonds. The minimum Gasteiger partial charge on any atom is -0.491 e. The van der Waals surface area contributed by atoms with Crippen molar-refractivity contribution in [2.24, 2.45) is 5.92 Å². The van der Waals surface area contributed by atoms with Gasteiger partial charge in [-0.05, 0) is 92.3 Å². The highest BCUT2D eigenvalue weighted by molar-refractivity contribution is 5.65. The molecule has 1 atom stereocenters. The third-order valence-corrected chi connectivity index (χ3v) is 6.80. The van der Waals surface area contributed by atoms with Crippen molar-refractivity contribution in [3.05, 3.63) is 83.2 Å². The van der Waals surface area contributed by atoms with E-state index < -0.39 is 17.7 Å². The van der Waals surface area contributed by atoms with Crippen LogP contribution in [-0.2, 0) is 0 Å². The smallest absolute Gasteiger partial charge is 0.201 e. The first-order valence-electron chi connectivity index (χ1n) is 12.2. The maximum absolute atomic E-state index is 14.8. The van der Waals surface area contributed by atoms with Crippen LogP contribution in [0.3, 0.4) is 0 Å². The van der Waals surface area contributed by atoms with Gasteiger partial charge in [0.15, 0.2) is 23.1 Å². The Morgan fingerprint density at radius 2 is 1.54 bits per heavy atom. The second kappa shape index (κ2) is 11.2. The lowest BCUT2D eigenvalue weighted by Gasteiger charge is -2.29. The van der Waals surface area contributed by atoms with Crippen LogP contribution in [0.15, 0.2) is 54.6 Å². The Bertz CT molecular complexity index is 1140. The fraction of sp³-hybridized carbons (Fsp3) is 0.379. The molecule has 186 valence electrons. The molecule has 0 saturated heterocycles. The molecule has 0 heterocycles. The molecule has 35 heavy (non-hydrogen) atoms. The van der Waals surface area contributed by atoms with Crippen molar-refractivity contribution >= 4 is 0 Å².